The van der Waals surface area contributed by atoms with Crippen molar-refractivity contribution in [1.82, 2.24) is 20.0 Å². The smallest absolute Gasteiger partial charge is 0.242 e. The molecule has 2 heterocycles. The first-order valence-electron chi connectivity index (χ1n) is 12.0. The van der Waals surface area contributed by atoms with Crippen molar-refractivity contribution in [3.63, 3.8) is 0 Å². The van der Waals surface area contributed by atoms with Gasteiger partial charge in [0.15, 0.2) is 0 Å². The van der Waals surface area contributed by atoms with Crippen molar-refractivity contribution in [2.75, 3.05) is 38.1 Å². The van der Waals surface area contributed by atoms with Gasteiger partial charge in [-0.2, -0.15) is 0 Å². The van der Waals surface area contributed by atoms with Crippen LogP contribution in [0.5, 0.6) is 0 Å². The maximum atomic E-state index is 13.6. The van der Waals surface area contributed by atoms with Gasteiger partial charge < -0.3 is 0 Å². The molecule has 0 radical (unpaired) electrons. The van der Waals surface area contributed by atoms with E-state index in [1.807, 2.05) is 34.6 Å². The van der Waals surface area contributed by atoms with Crippen LogP contribution in [0, 0.1) is 5.92 Å². The Morgan fingerprint density at radius 3 is 1.88 bits per heavy atom. The molecule has 9 nitrogen and oxygen atoms in total. The van der Waals surface area contributed by atoms with Crippen molar-refractivity contribution in [3.05, 3.63) is 0 Å². The third kappa shape index (κ3) is 8.36. The van der Waals surface area contributed by atoms with Crippen LogP contribution < -0.4 is 10.2 Å². The van der Waals surface area contributed by atoms with Gasteiger partial charge in [0.2, 0.25) is 31.1 Å². The Hall–Kier alpha value is -0.870. The van der Waals surface area contributed by atoms with E-state index in [0.717, 1.165) is 12.2 Å². The minimum absolute atomic E-state index is 0.166. The Morgan fingerprint density at radius 2 is 1.41 bits per heavy atom. The second-order valence-corrected chi connectivity index (χ2v) is 15.1. The van der Waals surface area contributed by atoms with Crippen molar-refractivity contribution >= 4 is 54.6 Å². The van der Waals surface area contributed by atoms with E-state index in [2.05, 4.69) is 10.2 Å². The molecule has 0 aliphatic carbocycles. The zero-order chi connectivity index (χ0) is 25.5. The largest absolute Gasteiger partial charge is 0.289 e. The number of hydrogen-bond donors (Lipinski definition) is 2. The molecule has 2 fully saturated rings. The zero-order valence-electron chi connectivity index (χ0n) is 20.9. The summed E-state index contributed by atoms with van der Waals surface area (Å²) in [5.74, 6) is 0.372. The molecule has 12 heteroatoms. The Morgan fingerprint density at radius 1 is 0.912 bits per heavy atom. The van der Waals surface area contributed by atoms with Crippen LogP contribution in [-0.2, 0) is 23.7 Å². The molecule has 194 valence electrons. The number of nitrogens with one attached hydrogen (secondary N) is 2. The molecule has 3 unspecified atom stereocenters. The first-order chi connectivity index (χ1) is 16.0. The predicted octanol–water partition coefficient (Wildman–Crippen LogP) is 2.55. The van der Waals surface area contributed by atoms with Gasteiger partial charge in [-0.3, -0.25) is 43.7 Å². The molecule has 2 aliphatic heterocycles. The van der Waals surface area contributed by atoms with E-state index in [9.17, 15) is 23.7 Å². The number of thioether (sulfide) groups is 2. The second kappa shape index (κ2) is 13.4. The van der Waals surface area contributed by atoms with Crippen LogP contribution in [0.4, 0.5) is 0 Å². The molecule has 0 bridgehead atoms. The van der Waals surface area contributed by atoms with Gasteiger partial charge in [0.1, 0.15) is 0 Å². The molecule has 2 saturated heterocycles. The summed E-state index contributed by atoms with van der Waals surface area (Å²) in [7, 11) is -3.04. The molecule has 0 aromatic rings. The molecular formula is C22H39N4O5PS2. The number of carbonyl (C=O) groups excluding carboxylic acids is 4. The van der Waals surface area contributed by atoms with Gasteiger partial charge >= 0.3 is 0 Å². The van der Waals surface area contributed by atoms with Crippen molar-refractivity contribution in [1.29, 1.82) is 0 Å². The molecular weight excluding hydrogens is 495 g/mol. The van der Waals surface area contributed by atoms with E-state index in [1.54, 1.807) is 0 Å². The third-order valence-electron chi connectivity index (χ3n) is 5.64. The van der Waals surface area contributed by atoms with E-state index in [1.165, 1.54) is 33.3 Å². The Balaban J connectivity index is 1.90. The number of nitrogens with zero attached hydrogens (tertiary/aromatic N) is 2. The minimum atomic E-state index is -3.04. The molecule has 0 spiro atoms. The van der Waals surface area contributed by atoms with Gasteiger partial charge in [0.05, 0.1) is 10.5 Å². The molecule has 3 atom stereocenters. The molecule has 0 saturated carbocycles. The van der Waals surface area contributed by atoms with Gasteiger partial charge in [-0.15, -0.1) is 23.5 Å². The summed E-state index contributed by atoms with van der Waals surface area (Å²) in [6.07, 6.45) is 1.55. The van der Waals surface area contributed by atoms with Crippen LogP contribution >= 0.6 is 31.0 Å². The van der Waals surface area contributed by atoms with Crippen LogP contribution in [0.25, 0.3) is 0 Å². The Bertz CT molecular complexity index is 810. The Labute approximate surface area is 211 Å². The fourth-order valence-corrected chi connectivity index (χ4v) is 8.18. The Kier molecular flexibility index (Phi) is 11.6. The highest BCUT2D eigenvalue weighted by Crippen LogP contribution is 2.37. The van der Waals surface area contributed by atoms with E-state index >= 15 is 0 Å². The highest BCUT2D eigenvalue weighted by atomic mass is 32.2. The number of amides is 4. The lowest BCUT2D eigenvalue weighted by Crippen LogP contribution is -2.40. The SMILES string of the molecule is CCSC1CC(=O)N(CCNP(=O)(CCC(C)C)NCCN2C(=O)CC(SC(C)C)C2=O)C1=O. The molecule has 2 aliphatic rings. The van der Waals surface area contributed by atoms with Crippen molar-refractivity contribution < 1.29 is 23.7 Å². The highest BCUT2D eigenvalue weighted by Gasteiger charge is 2.40. The van der Waals surface area contributed by atoms with Crippen LogP contribution in [0.1, 0.15) is 53.9 Å². The fraction of sp³-hybridized carbons (Fsp3) is 0.818. The number of carbonyl (C=O) groups is 4. The number of rotatable bonds is 15. The van der Waals surface area contributed by atoms with E-state index in [0.29, 0.717) is 12.1 Å². The maximum absolute atomic E-state index is 13.6. The van der Waals surface area contributed by atoms with Gasteiger partial charge in [0.25, 0.3) is 0 Å². The lowest BCUT2D eigenvalue weighted by Gasteiger charge is -2.24. The van der Waals surface area contributed by atoms with Crippen molar-refractivity contribution in [3.8, 4) is 0 Å². The monoisotopic (exact) mass is 534 g/mol. The van der Waals surface area contributed by atoms with Crippen molar-refractivity contribution in [2.45, 2.75) is 69.6 Å². The summed E-state index contributed by atoms with van der Waals surface area (Å²) in [5, 5.41) is 5.69. The number of imide groups is 2. The minimum Gasteiger partial charge on any atom is -0.289 e. The van der Waals surface area contributed by atoms with E-state index in [-0.39, 0.29) is 78.4 Å². The number of likely N-dealkylation sites (tertiary alicyclic amines) is 2. The topological polar surface area (TPSA) is 116 Å². The third-order valence-corrected chi connectivity index (χ3v) is 10.3. The maximum Gasteiger partial charge on any atom is 0.242 e. The van der Waals surface area contributed by atoms with Crippen molar-refractivity contribution in [2.24, 2.45) is 5.92 Å². The van der Waals surface area contributed by atoms with Crippen LogP contribution in [0.3, 0.4) is 0 Å². The molecule has 34 heavy (non-hydrogen) atoms. The first-order valence-corrected chi connectivity index (χ1v) is 15.9. The summed E-state index contributed by atoms with van der Waals surface area (Å²) in [5.41, 5.74) is 0. The molecule has 0 aromatic carbocycles. The summed E-state index contributed by atoms with van der Waals surface area (Å²) >= 11 is 2.96. The van der Waals surface area contributed by atoms with Gasteiger partial charge in [-0.1, -0.05) is 34.6 Å². The van der Waals surface area contributed by atoms with Crippen LogP contribution in [0.2, 0.25) is 0 Å². The average molecular weight is 535 g/mol. The lowest BCUT2D eigenvalue weighted by atomic mass is 10.2. The first kappa shape index (κ1) is 29.4. The van der Waals surface area contributed by atoms with Gasteiger partial charge in [-0.25, -0.2) is 0 Å². The molecule has 0 aromatic heterocycles. The average Bonchev–Trinajstić information content (AvgIpc) is 3.16. The zero-order valence-corrected chi connectivity index (χ0v) is 23.4. The predicted molar refractivity (Wildman–Crippen MR) is 139 cm³/mol. The molecule has 2 N–H and O–H groups in total. The standard InChI is InChI=1S/C22H39N4O5PS2/c1-6-33-17-13-19(27)25(21(17)29)10-8-23-32(31,12-7-15(2)3)24-9-11-26-20(28)14-18(22(26)30)34-16(4)5/h15-18H,6-14H2,1-5H3,(H2,23,24,31). The highest BCUT2D eigenvalue weighted by molar-refractivity contribution is 8.01. The second-order valence-electron chi connectivity index (χ2n) is 9.26. The van der Waals surface area contributed by atoms with E-state index in [4.69, 9.17) is 0 Å². The summed E-state index contributed by atoms with van der Waals surface area (Å²) < 4.78 is 13.6. The summed E-state index contributed by atoms with van der Waals surface area (Å²) in [4.78, 5) is 52.1. The molecule has 4 amide bonds. The quantitative estimate of drug-likeness (QED) is 0.242. The van der Waals surface area contributed by atoms with Crippen LogP contribution in [-0.4, -0.2) is 87.3 Å². The van der Waals surface area contributed by atoms with Gasteiger partial charge in [0, 0.05) is 45.2 Å². The summed E-state index contributed by atoms with van der Waals surface area (Å²) in [6, 6.07) is 0. The van der Waals surface area contributed by atoms with Crippen LogP contribution in [0.15, 0.2) is 0 Å². The van der Waals surface area contributed by atoms with E-state index < -0.39 is 7.44 Å². The normalized spacial score (nSPS) is 23.1. The summed E-state index contributed by atoms with van der Waals surface area (Å²) in [6.45, 7) is 10.8. The molecule has 2 rings (SSSR count). The fourth-order valence-electron chi connectivity index (χ4n) is 3.88. The number of hydrogen-bond acceptors (Lipinski definition) is 7. The van der Waals surface area contributed by atoms with Gasteiger partial charge in [-0.05, 0) is 23.3 Å². The lowest BCUT2D eigenvalue weighted by molar-refractivity contribution is -0.139.